The number of nitrogens with zero attached hydrogens (tertiary/aromatic N) is 1. The first-order chi connectivity index (χ1) is 14.2. The van der Waals surface area contributed by atoms with Crippen LogP contribution in [0.3, 0.4) is 0 Å². The average Bonchev–Trinajstić information content (AvgIpc) is 2.74. The highest BCUT2D eigenvalue weighted by Crippen LogP contribution is 2.21. The number of para-hydroxylation sites is 2. The third kappa shape index (κ3) is 6.34. The van der Waals surface area contributed by atoms with Gasteiger partial charge in [0.2, 0.25) is 0 Å². The van der Waals surface area contributed by atoms with E-state index in [0.29, 0.717) is 13.1 Å². The van der Waals surface area contributed by atoms with E-state index < -0.39 is 6.10 Å². The van der Waals surface area contributed by atoms with Gasteiger partial charge < -0.3 is 14.6 Å². The van der Waals surface area contributed by atoms with Gasteiger partial charge in [-0.05, 0) is 30.2 Å². The van der Waals surface area contributed by atoms with E-state index in [-0.39, 0.29) is 6.61 Å². The van der Waals surface area contributed by atoms with Crippen LogP contribution in [-0.2, 0) is 13.1 Å². The topological polar surface area (TPSA) is 41.9 Å². The Balaban J connectivity index is 1.67. The minimum Gasteiger partial charge on any atom is -0.496 e. The highest BCUT2D eigenvalue weighted by atomic mass is 16.5. The second-order valence-electron chi connectivity index (χ2n) is 7.20. The predicted molar refractivity (Wildman–Crippen MR) is 116 cm³/mol. The van der Waals surface area contributed by atoms with Gasteiger partial charge in [0.1, 0.15) is 24.2 Å². The van der Waals surface area contributed by atoms with Crippen LogP contribution in [0.15, 0.2) is 78.9 Å². The third-order valence-electron chi connectivity index (χ3n) is 4.83. The maximum Gasteiger partial charge on any atom is 0.123 e. The van der Waals surface area contributed by atoms with Crippen molar-refractivity contribution in [2.24, 2.45) is 0 Å². The lowest BCUT2D eigenvalue weighted by atomic mass is 10.1. The van der Waals surface area contributed by atoms with Gasteiger partial charge in [-0.15, -0.1) is 0 Å². The van der Waals surface area contributed by atoms with E-state index in [0.717, 1.165) is 29.2 Å². The summed E-state index contributed by atoms with van der Waals surface area (Å²) in [6.07, 6.45) is -0.604. The average molecular weight is 392 g/mol. The summed E-state index contributed by atoms with van der Waals surface area (Å²) < 4.78 is 11.3. The third-order valence-corrected chi connectivity index (χ3v) is 4.83. The van der Waals surface area contributed by atoms with Crippen LogP contribution in [-0.4, -0.2) is 36.4 Å². The monoisotopic (exact) mass is 391 g/mol. The highest BCUT2D eigenvalue weighted by molar-refractivity contribution is 5.33. The lowest BCUT2D eigenvalue weighted by Crippen LogP contribution is -2.35. The zero-order valence-corrected chi connectivity index (χ0v) is 17.1. The van der Waals surface area contributed by atoms with Crippen molar-refractivity contribution in [1.29, 1.82) is 0 Å². The number of benzene rings is 3. The molecular weight excluding hydrogens is 362 g/mol. The molecule has 0 aliphatic heterocycles. The number of methoxy groups -OCH3 is 1. The molecule has 3 aromatic carbocycles. The van der Waals surface area contributed by atoms with Gasteiger partial charge in [0.25, 0.3) is 0 Å². The molecule has 0 radical (unpaired) electrons. The molecule has 1 N–H and O–H groups in total. The van der Waals surface area contributed by atoms with Gasteiger partial charge >= 0.3 is 0 Å². The van der Waals surface area contributed by atoms with Crippen LogP contribution in [0.5, 0.6) is 11.5 Å². The molecule has 0 spiro atoms. The minimum atomic E-state index is -0.604. The maximum atomic E-state index is 10.7. The fourth-order valence-electron chi connectivity index (χ4n) is 3.36. The van der Waals surface area contributed by atoms with Crippen LogP contribution in [0, 0.1) is 6.92 Å². The van der Waals surface area contributed by atoms with E-state index in [1.54, 1.807) is 7.11 Å². The van der Waals surface area contributed by atoms with E-state index in [2.05, 4.69) is 23.1 Å². The minimum absolute atomic E-state index is 0.252. The molecule has 0 bridgehead atoms. The van der Waals surface area contributed by atoms with Crippen molar-refractivity contribution >= 4 is 0 Å². The van der Waals surface area contributed by atoms with Crippen LogP contribution in [0.4, 0.5) is 0 Å². The summed E-state index contributed by atoms with van der Waals surface area (Å²) in [5.41, 5.74) is 3.36. The lowest BCUT2D eigenvalue weighted by Gasteiger charge is -2.26. The molecule has 4 heteroatoms. The van der Waals surface area contributed by atoms with Crippen molar-refractivity contribution in [3.8, 4) is 11.5 Å². The first kappa shape index (κ1) is 20.9. The summed E-state index contributed by atoms with van der Waals surface area (Å²) in [6.45, 7) is 4.17. The van der Waals surface area contributed by atoms with Crippen molar-refractivity contribution in [1.82, 2.24) is 4.90 Å². The Morgan fingerprint density at radius 2 is 1.48 bits per heavy atom. The number of rotatable bonds is 10. The van der Waals surface area contributed by atoms with Crippen molar-refractivity contribution < 1.29 is 14.6 Å². The summed E-state index contributed by atoms with van der Waals surface area (Å²) in [5, 5.41) is 10.7. The summed E-state index contributed by atoms with van der Waals surface area (Å²) in [6, 6.07) is 26.2. The first-order valence-electron chi connectivity index (χ1n) is 9.90. The second-order valence-corrected chi connectivity index (χ2v) is 7.20. The van der Waals surface area contributed by atoms with Gasteiger partial charge in [0.05, 0.1) is 7.11 Å². The Morgan fingerprint density at radius 3 is 2.21 bits per heavy atom. The van der Waals surface area contributed by atoms with Crippen molar-refractivity contribution in [2.75, 3.05) is 20.3 Å². The molecule has 0 aliphatic rings. The second kappa shape index (κ2) is 10.6. The van der Waals surface area contributed by atoms with Gasteiger partial charge in [-0.1, -0.05) is 66.7 Å². The van der Waals surface area contributed by atoms with E-state index >= 15 is 0 Å². The highest BCUT2D eigenvalue weighted by Gasteiger charge is 2.16. The molecule has 0 saturated heterocycles. The Hall–Kier alpha value is -2.82. The van der Waals surface area contributed by atoms with Crippen LogP contribution in [0.2, 0.25) is 0 Å². The quantitative estimate of drug-likeness (QED) is 0.555. The summed E-state index contributed by atoms with van der Waals surface area (Å²) in [7, 11) is 1.69. The first-order valence-corrected chi connectivity index (χ1v) is 9.90. The molecule has 3 rings (SSSR count). The number of hydrogen-bond acceptors (Lipinski definition) is 4. The van der Waals surface area contributed by atoms with Gasteiger partial charge in [-0.2, -0.15) is 0 Å². The number of aliphatic hydroxyl groups excluding tert-OH is 1. The molecule has 3 aromatic rings. The SMILES string of the molecule is COc1ccccc1CN(Cc1ccccc1)C[C@@H](O)COc1ccccc1C. The molecule has 0 saturated carbocycles. The fourth-order valence-corrected chi connectivity index (χ4v) is 3.36. The van der Waals surface area contributed by atoms with Gasteiger partial charge in [-0.25, -0.2) is 0 Å². The number of aliphatic hydroxyl groups is 1. The molecule has 0 amide bonds. The molecule has 0 unspecified atom stereocenters. The van der Waals surface area contributed by atoms with Crippen molar-refractivity contribution in [2.45, 2.75) is 26.1 Å². The number of hydrogen-bond donors (Lipinski definition) is 1. The standard InChI is InChI=1S/C25H29NO3/c1-20-10-6-8-14-24(20)29-19-23(27)18-26(16-21-11-4-3-5-12-21)17-22-13-7-9-15-25(22)28-2/h3-15,23,27H,16-19H2,1-2H3/t23-/m1/s1. The molecule has 152 valence electrons. The molecule has 29 heavy (non-hydrogen) atoms. The van der Waals surface area contributed by atoms with Crippen LogP contribution in [0.25, 0.3) is 0 Å². The van der Waals surface area contributed by atoms with E-state index in [4.69, 9.17) is 9.47 Å². The molecule has 4 nitrogen and oxygen atoms in total. The van der Waals surface area contributed by atoms with Crippen LogP contribution < -0.4 is 9.47 Å². The predicted octanol–water partition coefficient (Wildman–Crippen LogP) is 4.45. The normalized spacial score (nSPS) is 12.0. The van der Waals surface area contributed by atoms with Crippen LogP contribution in [0.1, 0.15) is 16.7 Å². The zero-order chi connectivity index (χ0) is 20.5. The van der Waals surface area contributed by atoms with Crippen molar-refractivity contribution in [3.63, 3.8) is 0 Å². The number of ether oxygens (including phenoxy) is 2. The van der Waals surface area contributed by atoms with Crippen LogP contribution >= 0.6 is 0 Å². The zero-order valence-electron chi connectivity index (χ0n) is 17.1. The number of aryl methyl sites for hydroxylation is 1. The maximum absolute atomic E-state index is 10.7. The van der Waals surface area contributed by atoms with E-state index in [1.165, 1.54) is 5.56 Å². The Labute approximate surface area is 173 Å². The van der Waals surface area contributed by atoms with Gasteiger partial charge in [0, 0.05) is 25.2 Å². The molecule has 0 fully saturated rings. The summed E-state index contributed by atoms with van der Waals surface area (Å²) in [5.74, 6) is 1.67. The fraction of sp³-hybridized carbons (Fsp3) is 0.280. The molecule has 0 heterocycles. The molecular formula is C25H29NO3. The van der Waals surface area contributed by atoms with Crippen molar-refractivity contribution in [3.05, 3.63) is 95.6 Å². The van der Waals surface area contributed by atoms with Gasteiger partial charge in [-0.3, -0.25) is 4.90 Å². The Kier molecular flexibility index (Phi) is 7.68. The molecule has 0 aliphatic carbocycles. The smallest absolute Gasteiger partial charge is 0.123 e. The van der Waals surface area contributed by atoms with E-state index in [1.807, 2.05) is 67.6 Å². The Bertz CT molecular complexity index is 882. The molecule has 1 atom stereocenters. The Morgan fingerprint density at radius 1 is 0.828 bits per heavy atom. The summed E-state index contributed by atoms with van der Waals surface area (Å²) >= 11 is 0. The van der Waals surface area contributed by atoms with E-state index in [9.17, 15) is 5.11 Å². The molecule has 0 aromatic heterocycles. The van der Waals surface area contributed by atoms with Gasteiger partial charge in [0.15, 0.2) is 0 Å². The largest absolute Gasteiger partial charge is 0.496 e. The summed E-state index contributed by atoms with van der Waals surface area (Å²) in [4.78, 5) is 2.22. The lowest BCUT2D eigenvalue weighted by molar-refractivity contribution is 0.0623.